The Balaban J connectivity index is 1.95. The van der Waals surface area contributed by atoms with E-state index in [9.17, 15) is 14.0 Å². The number of carbonyl (C=O) groups excluding carboxylic acids is 1. The van der Waals surface area contributed by atoms with Crippen molar-refractivity contribution in [2.75, 3.05) is 5.32 Å². The van der Waals surface area contributed by atoms with Crippen LogP contribution in [0.25, 0.3) is 0 Å². The van der Waals surface area contributed by atoms with Gasteiger partial charge in [0.15, 0.2) is 5.13 Å². The third kappa shape index (κ3) is 4.63. The molecule has 1 amide bonds. The number of nitrogens with one attached hydrogen (secondary N) is 1. The van der Waals surface area contributed by atoms with E-state index in [1.807, 2.05) is 0 Å². The van der Waals surface area contributed by atoms with Crippen LogP contribution >= 0.6 is 11.3 Å². The normalized spacial score (nSPS) is 10.5. The average molecular weight is 322 g/mol. The molecule has 0 saturated carbocycles. The minimum absolute atomic E-state index is 0.0337. The standard InChI is InChI=1S/C15H15FN2O3S/c1-9-12(6-7-14(20)21)22-15(17-9)18-13(19)8-10-2-4-11(16)5-3-10/h2-5H,6-8H2,1H3,(H,20,21)(H,17,18,19). The van der Waals surface area contributed by atoms with Gasteiger partial charge in [0.1, 0.15) is 5.82 Å². The van der Waals surface area contributed by atoms with Crippen LogP contribution in [0.4, 0.5) is 9.52 Å². The molecule has 7 heteroatoms. The number of aryl methyl sites for hydroxylation is 2. The summed E-state index contributed by atoms with van der Waals surface area (Å²) in [5.41, 5.74) is 1.43. The largest absolute Gasteiger partial charge is 0.481 e. The summed E-state index contributed by atoms with van der Waals surface area (Å²) in [5.74, 6) is -1.46. The van der Waals surface area contributed by atoms with Crippen molar-refractivity contribution >= 4 is 28.3 Å². The number of hydrogen-bond acceptors (Lipinski definition) is 4. The van der Waals surface area contributed by atoms with Crippen LogP contribution in [0.1, 0.15) is 22.6 Å². The van der Waals surface area contributed by atoms with E-state index in [1.54, 1.807) is 19.1 Å². The van der Waals surface area contributed by atoms with Crippen LogP contribution in [0, 0.1) is 12.7 Å². The number of carboxylic acids is 1. The zero-order valence-electron chi connectivity index (χ0n) is 11.9. The zero-order valence-corrected chi connectivity index (χ0v) is 12.7. The number of aliphatic carboxylic acids is 1. The fraction of sp³-hybridized carbons (Fsp3) is 0.267. The monoisotopic (exact) mass is 322 g/mol. The molecule has 0 aliphatic carbocycles. The number of nitrogens with zero attached hydrogens (tertiary/aromatic N) is 1. The van der Waals surface area contributed by atoms with Crippen molar-refractivity contribution in [2.24, 2.45) is 0 Å². The van der Waals surface area contributed by atoms with E-state index in [2.05, 4.69) is 10.3 Å². The Morgan fingerprint density at radius 1 is 1.32 bits per heavy atom. The highest BCUT2D eigenvalue weighted by molar-refractivity contribution is 7.15. The van der Waals surface area contributed by atoms with Gasteiger partial charge < -0.3 is 10.4 Å². The molecular weight excluding hydrogens is 307 g/mol. The van der Waals surface area contributed by atoms with E-state index in [4.69, 9.17) is 5.11 Å². The molecule has 0 unspecified atom stereocenters. The molecule has 1 aromatic carbocycles. The first-order valence-corrected chi connectivity index (χ1v) is 7.48. The first-order valence-electron chi connectivity index (χ1n) is 6.66. The van der Waals surface area contributed by atoms with Gasteiger partial charge in [-0.05, 0) is 31.0 Å². The summed E-state index contributed by atoms with van der Waals surface area (Å²) in [7, 11) is 0. The van der Waals surface area contributed by atoms with Gasteiger partial charge in [-0.25, -0.2) is 9.37 Å². The Morgan fingerprint density at radius 3 is 2.64 bits per heavy atom. The summed E-state index contributed by atoms with van der Waals surface area (Å²) < 4.78 is 12.8. The third-order valence-corrected chi connectivity index (χ3v) is 4.12. The highest BCUT2D eigenvalue weighted by Gasteiger charge is 2.12. The van der Waals surface area contributed by atoms with Crippen molar-refractivity contribution in [1.29, 1.82) is 0 Å². The number of amides is 1. The summed E-state index contributed by atoms with van der Waals surface area (Å²) in [6.07, 6.45) is 0.558. The summed E-state index contributed by atoms with van der Waals surface area (Å²) >= 11 is 1.28. The maximum Gasteiger partial charge on any atom is 0.303 e. The highest BCUT2D eigenvalue weighted by atomic mass is 32.1. The lowest BCUT2D eigenvalue weighted by Gasteiger charge is -2.01. The zero-order chi connectivity index (χ0) is 16.1. The molecule has 0 spiro atoms. The maximum absolute atomic E-state index is 12.8. The van der Waals surface area contributed by atoms with Gasteiger partial charge in [0, 0.05) is 4.88 Å². The molecule has 0 radical (unpaired) electrons. The van der Waals surface area contributed by atoms with Crippen molar-refractivity contribution in [3.05, 3.63) is 46.2 Å². The number of rotatable bonds is 6. The molecule has 1 aromatic heterocycles. The second-order valence-electron chi connectivity index (χ2n) is 4.77. The Labute approximate surface area is 130 Å². The second-order valence-corrected chi connectivity index (χ2v) is 5.86. The molecule has 0 bridgehead atoms. The van der Waals surface area contributed by atoms with Crippen LogP contribution in [-0.4, -0.2) is 22.0 Å². The Hall–Kier alpha value is -2.28. The summed E-state index contributed by atoms with van der Waals surface area (Å²) in [5, 5.41) is 11.8. The van der Waals surface area contributed by atoms with Gasteiger partial charge in [0.2, 0.25) is 5.91 Å². The molecule has 116 valence electrons. The van der Waals surface area contributed by atoms with Crippen molar-refractivity contribution < 1.29 is 19.1 Å². The van der Waals surface area contributed by atoms with Gasteiger partial charge in [-0.15, -0.1) is 11.3 Å². The van der Waals surface area contributed by atoms with Crippen LogP contribution in [0.3, 0.4) is 0 Å². The van der Waals surface area contributed by atoms with Crippen LogP contribution in [-0.2, 0) is 22.4 Å². The molecular formula is C15H15FN2O3S. The third-order valence-electron chi connectivity index (χ3n) is 2.98. The number of benzene rings is 1. The predicted octanol–water partition coefficient (Wildman–Crippen LogP) is 2.79. The molecule has 5 nitrogen and oxygen atoms in total. The van der Waals surface area contributed by atoms with Gasteiger partial charge in [0.05, 0.1) is 18.5 Å². The van der Waals surface area contributed by atoms with Gasteiger partial charge in [-0.3, -0.25) is 9.59 Å². The Kier molecular flexibility index (Phi) is 5.21. The van der Waals surface area contributed by atoms with E-state index in [1.165, 1.54) is 23.5 Å². The van der Waals surface area contributed by atoms with Crippen molar-refractivity contribution in [3.63, 3.8) is 0 Å². The lowest BCUT2D eigenvalue weighted by Crippen LogP contribution is -2.14. The molecule has 2 rings (SSSR count). The van der Waals surface area contributed by atoms with Gasteiger partial charge in [-0.1, -0.05) is 12.1 Å². The molecule has 0 aliphatic rings. The van der Waals surface area contributed by atoms with Crippen molar-refractivity contribution in [3.8, 4) is 0 Å². The number of anilines is 1. The Bertz CT molecular complexity index is 683. The minimum atomic E-state index is -0.866. The SMILES string of the molecule is Cc1nc(NC(=O)Cc2ccc(F)cc2)sc1CCC(=O)O. The van der Waals surface area contributed by atoms with Crippen LogP contribution in [0.2, 0.25) is 0 Å². The molecule has 2 N–H and O–H groups in total. The summed E-state index contributed by atoms with van der Waals surface area (Å²) in [4.78, 5) is 27.6. The van der Waals surface area contributed by atoms with Crippen LogP contribution in [0.5, 0.6) is 0 Å². The second kappa shape index (κ2) is 7.13. The fourth-order valence-corrected chi connectivity index (χ4v) is 2.86. The van der Waals surface area contributed by atoms with E-state index in [0.717, 1.165) is 10.6 Å². The number of thiazole rings is 1. The fourth-order valence-electron chi connectivity index (χ4n) is 1.89. The number of halogens is 1. The molecule has 2 aromatic rings. The van der Waals surface area contributed by atoms with Gasteiger partial charge >= 0.3 is 5.97 Å². The number of carbonyl (C=O) groups is 2. The van der Waals surface area contributed by atoms with E-state index in [0.29, 0.717) is 17.1 Å². The smallest absolute Gasteiger partial charge is 0.303 e. The summed E-state index contributed by atoms with van der Waals surface area (Å²) in [6, 6.07) is 5.72. The minimum Gasteiger partial charge on any atom is -0.481 e. The van der Waals surface area contributed by atoms with E-state index >= 15 is 0 Å². The average Bonchev–Trinajstić information content (AvgIpc) is 2.79. The molecule has 1 heterocycles. The van der Waals surface area contributed by atoms with Crippen molar-refractivity contribution in [2.45, 2.75) is 26.2 Å². The van der Waals surface area contributed by atoms with Crippen LogP contribution < -0.4 is 5.32 Å². The lowest BCUT2D eigenvalue weighted by atomic mass is 10.1. The highest BCUT2D eigenvalue weighted by Crippen LogP contribution is 2.24. The predicted molar refractivity (Wildman–Crippen MR) is 81.5 cm³/mol. The number of aromatic nitrogens is 1. The first-order chi connectivity index (χ1) is 10.4. The molecule has 0 saturated heterocycles. The van der Waals surface area contributed by atoms with Crippen LogP contribution in [0.15, 0.2) is 24.3 Å². The van der Waals surface area contributed by atoms with Crippen molar-refractivity contribution in [1.82, 2.24) is 4.98 Å². The molecule has 0 fully saturated rings. The van der Waals surface area contributed by atoms with Gasteiger partial charge in [0.25, 0.3) is 0 Å². The molecule has 22 heavy (non-hydrogen) atoms. The molecule has 0 aliphatic heterocycles. The number of carboxylic acid groups (broad SMARTS) is 1. The lowest BCUT2D eigenvalue weighted by molar-refractivity contribution is -0.136. The van der Waals surface area contributed by atoms with E-state index < -0.39 is 5.97 Å². The number of hydrogen-bond donors (Lipinski definition) is 2. The van der Waals surface area contributed by atoms with Gasteiger partial charge in [-0.2, -0.15) is 0 Å². The quantitative estimate of drug-likeness (QED) is 0.857. The first kappa shape index (κ1) is 16.1. The topological polar surface area (TPSA) is 79.3 Å². The summed E-state index contributed by atoms with van der Waals surface area (Å²) in [6.45, 7) is 1.78. The maximum atomic E-state index is 12.8. The molecule has 0 atom stereocenters. The Morgan fingerprint density at radius 2 is 2.00 bits per heavy atom. The van der Waals surface area contributed by atoms with E-state index in [-0.39, 0.29) is 24.6 Å².